The molecule has 1 N–H and O–H groups in total. The van der Waals surface area contributed by atoms with Gasteiger partial charge >= 0.3 is 0 Å². The van der Waals surface area contributed by atoms with Crippen LogP contribution in [0.3, 0.4) is 0 Å². The summed E-state index contributed by atoms with van der Waals surface area (Å²) in [4.78, 5) is 4.96. The molecule has 0 radical (unpaired) electrons. The summed E-state index contributed by atoms with van der Waals surface area (Å²) in [5, 5.41) is 11.9. The standard InChI is InChI=1S/C23H29N5O/c1-4-27-12-14-28(15-13-27)20-10-11-21(17(2)16-20)24-18(3)22-25-26-23(29-22)19-8-6-5-7-9-19/h5-11,16,18,24H,4,12-15H2,1-3H3/t18-/m1/s1. The second-order valence-electron chi connectivity index (χ2n) is 7.60. The van der Waals surface area contributed by atoms with Crippen LogP contribution in [0.1, 0.15) is 31.3 Å². The molecule has 152 valence electrons. The summed E-state index contributed by atoms with van der Waals surface area (Å²) in [6, 6.07) is 16.4. The number of benzene rings is 2. The normalized spacial score (nSPS) is 16.0. The first-order valence-electron chi connectivity index (χ1n) is 10.4. The highest BCUT2D eigenvalue weighted by Gasteiger charge is 2.18. The predicted octanol–water partition coefficient (Wildman–Crippen LogP) is 4.36. The SMILES string of the molecule is CCN1CCN(c2ccc(N[C@H](C)c3nnc(-c4ccccc4)o3)c(C)c2)CC1. The lowest BCUT2D eigenvalue weighted by Gasteiger charge is -2.35. The van der Waals surface area contributed by atoms with E-state index in [2.05, 4.69) is 57.4 Å². The Balaban J connectivity index is 1.42. The monoisotopic (exact) mass is 391 g/mol. The Labute approximate surface area is 172 Å². The number of aromatic nitrogens is 2. The number of hydrogen-bond donors (Lipinski definition) is 1. The fourth-order valence-corrected chi connectivity index (χ4v) is 3.73. The highest BCUT2D eigenvalue weighted by Crippen LogP contribution is 2.27. The molecule has 1 aliphatic heterocycles. The number of piperazine rings is 1. The molecule has 2 heterocycles. The zero-order chi connectivity index (χ0) is 20.2. The third-order valence-electron chi connectivity index (χ3n) is 5.60. The fraction of sp³-hybridized carbons (Fsp3) is 0.391. The highest BCUT2D eigenvalue weighted by atomic mass is 16.4. The predicted molar refractivity (Wildman–Crippen MR) is 117 cm³/mol. The summed E-state index contributed by atoms with van der Waals surface area (Å²) >= 11 is 0. The van der Waals surface area contributed by atoms with Gasteiger partial charge in [-0.1, -0.05) is 25.1 Å². The maximum Gasteiger partial charge on any atom is 0.247 e. The topological polar surface area (TPSA) is 57.4 Å². The molecule has 0 bridgehead atoms. The van der Waals surface area contributed by atoms with E-state index in [9.17, 15) is 0 Å². The summed E-state index contributed by atoms with van der Waals surface area (Å²) in [7, 11) is 0. The van der Waals surface area contributed by atoms with Crippen LogP contribution in [0.5, 0.6) is 0 Å². The first-order valence-corrected chi connectivity index (χ1v) is 10.4. The number of nitrogens with one attached hydrogen (secondary N) is 1. The lowest BCUT2D eigenvalue weighted by molar-refractivity contribution is 0.271. The highest BCUT2D eigenvalue weighted by molar-refractivity contribution is 5.61. The van der Waals surface area contributed by atoms with E-state index < -0.39 is 0 Å². The van der Waals surface area contributed by atoms with E-state index in [1.165, 1.54) is 11.3 Å². The van der Waals surface area contributed by atoms with Crippen LogP contribution in [0.25, 0.3) is 11.5 Å². The number of nitrogens with zero attached hydrogens (tertiary/aromatic N) is 4. The van der Waals surface area contributed by atoms with Crippen molar-refractivity contribution in [3.05, 3.63) is 60.0 Å². The van der Waals surface area contributed by atoms with E-state index in [-0.39, 0.29) is 6.04 Å². The Hall–Kier alpha value is -2.86. The largest absolute Gasteiger partial charge is 0.418 e. The van der Waals surface area contributed by atoms with Crippen LogP contribution in [-0.2, 0) is 0 Å². The lowest BCUT2D eigenvalue weighted by Crippen LogP contribution is -2.46. The van der Waals surface area contributed by atoms with Crippen LogP contribution < -0.4 is 10.2 Å². The van der Waals surface area contributed by atoms with Gasteiger partial charge in [0.2, 0.25) is 11.8 Å². The molecule has 1 atom stereocenters. The third kappa shape index (κ3) is 4.43. The van der Waals surface area contributed by atoms with E-state index in [0.29, 0.717) is 11.8 Å². The summed E-state index contributed by atoms with van der Waals surface area (Å²) in [6.07, 6.45) is 0. The van der Waals surface area contributed by atoms with Gasteiger partial charge in [-0.15, -0.1) is 10.2 Å². The van der Waals surface area contributed by atoms with Gasteiger partial charge < -0.3 is 19.5 Å². The fourth-order valence-electron chi connectivity index (χ4n) is 3.73. The van der Waals surface area contributed by atoms with E-state index in [1.54, 1.807) is 0 Å². The van der Waals surface area contributed by atoms with E-state index in [1.807, 2.05) is 37.3 Å². The zero-order valence-corrected chi connectivity index (χ0v) is 17.4. The first-order chi connectivity index (χ1) is 14.1. The average molecular weight is 392 g/mol. The quantitative estimate of drug-likeness (QED) is 0.674. The van der Waals surface area contributed by atoms with Gasteiger partial charge in [-0.3, -0.25) is 0 Å². The molecule has 0 unspecified atom stereocenters. The molecular formula is C23H29N5O. The lowest BCUT2D eigenvalue weighted by atomic mass is 10.1. The van der Waals surface area contributed by atoms with E-state index >= 15 is 0 Å². The Morgan fingerprint density at radius 2 is 1.79 bits per heavy atom. The minimum Gasteiger partial charge on any atom is -0.418 e. The second-order valence-corrected chi connectivity index (χ2v) is 7.60. The Bertz CT molecular complexity index is 931. The van der Waals surface area contributed by atoms with Crippen molar-refractivity contribution in [2.24, 2.45) is 0 Å². The minimum absolute atomic E-state index is 0.0717. The summed E-state index contributed by atoms with van der Waals surface area (Å²) in [5.74, 6) is 1.13. The van der Waals surface area contributed by atoms with Gasteiger partial charge in [-0.25, -0.2) is 0 Å². The molecule has 0 amide bonds. The first kappa shape index (κ1) is 19.5. The molecule has 6 heteroatoms. The van der Waals surface area contributed by atoms with Crippen molar-refractivity contribution in [2.75, 3.05) is 42.9 Å². The van der Waals surface area contributed by atoms with E-state index in [4.69, 9.17) is 4.42 Å². The van der Waals surface area contributed by atoms with Crippen LogP contribution in [0.2, 0.25) is 0 Å². The van der Waals surface area contributed by atoms with Gasteiger partial charge in [-0.2, -0.15) is 0 Å². The van der Waals surface area contributed by atoms with Crippen LogP contribution in [-0.4, -0.2) is 47.8 Å². The summed E-state index contributed by atoms with van der Waals surface area (Å²) in [6.45, 7) is 12.0. The van der Waals surface area contributed by atoms with E-state index in [0.717, 1.165) is 44.0 Å². The summed E-state index contributed by atoms with van der Waals surface area (Å²) in [5.41, 5.74) is 4.53. The molecular weight excluding hydrogens is 362 g/mol. The molecule has 0 saturated carbocycles. The molecule has 1 aromatic heterocycles. The minimum atomic E-state index is -0.0717. The molecule has 1 aliphatic rings. The Morgan fingerprint density at radius 1 is 1.03 bits per heavy atom. The molecule has 0 spiro atoms. The average Bonchev–Trinajstić information content (AvgIpc) is 3.26. The van der Waals surface area contributed by atoms with Crippen LogP contribution >= 0.6 is 0 Å². The maximum atomic E-state index is 5.89. The molecule has 4 rings (SSSR count). The van der Waals surface area contributed by atoms with Crippen LogP contribution in [0.4, 0.5) is 11.4 Å². The van der Waals surface area contributed by atoms with Crippen molar-refractivity contribution in [1.29, 1.82) is 0 Å². The van der Waals surface area contributed by atoms with Crippen molar-refractivity contribution in [3.63, 3.8) is 0 Å². The second kappa shape index (κ2) is 8.66. The van der Waals surface area contributed by atoms with Gasteiger partial charge in [-0.05, 0) is 56.3 Å². The van der Waals surface area contributed by atoms with Gasteiger partial charge in [0.05, 0.1) is 0 Å². The van der Waals surface area contributed by atoms with Gasteiger partial charge in [0.1, 0.15) is 6.04 Å². The molecule has 0 aliphatic carbocycles. The Morgan fingerprint density at radius 3 is 2.48 bits per heavy atom. The van der Waals surface area contributed by atoms with Gasteiger partial charge in [0.15, 0.2) is 0 Å². The number of likely N-dealkylation sites (N-methyl/N-ethyl adjacent to an activating group) is 1. The molecule has 6 nitrogen and oxygen atoms in total. The summed E-state index contributed by atoms with van der Waals surface area (Å²) < 4.78 is 5.89. The van der Waals surface area contributed by atoms with Crippen LogP contribution in [0.15, 0.2) is 52.9 Å². The van der Waals surface area contributed by atoms with Crippen molar-refractivity contribution in [1.82, 2.24) is 15.1 Å². The maximum absolute atomic E-state index is 5.89. The number of hydrogen-bond acceptors (Lipinski definition) is 6. The third-order valence-corrected chi connectivity index (χ3v) is 5.60. The Kier molecular flexibility index (Phi) is 5.81. The van der Waals surface area contributed by atoms with Crippen molar-refractivity contribution >= 4 is 11.4 Å². The number of anilines is 2. The number of aryl methyl sites for hydroxylation is 1. The molecule has 3 aromatic rings. The molecule has 1 fully saturated rings. The van der Waals surface area contributed by atoms with Crippen molar-refractivity contribution in [2.45, 2.75) is 26.8 Å². The smallest absolute Gasteiger partial charge is 0.247 e. The molecule has 2 aromatic carbocycles. The van der Waals surface area contributed by atoms with Gasteiger partial charge in [0, 0.05) is 43.1 Å². The van der Waals surface area contributed by atoms with Gasteiger partial charge in [0.25, 0.3) is 0 Å². The van der Waals surface area contributed by atoms with Crippen molar-refractivity contribution in [3.8, 4) is 11.5 Å². The molecule has 1 saturated heterocycles. The zero-order valence-electron chi connectivity index (χ0n) is 17.4. The molecule has 29 heavy (non-hydrogen) atoms. The van der Waals surface area contributed by atoms with Crippen LogP contribution in [0, 0.1) is 6.92 Å². The number of rotatable bonds is 6. The van der Waals surface area contributed by atoms with Crippen molar-refractivity contribution < 1.29 is 4.42 Å².